The Labute approximate surface area is 83.4 Å². The van der Waals surface area contributed by atoms with Gasteiger partial charge in [-0.2, -0.15) is 5.21 Å². The Morgan fingerprint density at radius 1 is 1.69 bits per heavy atom. The number of aryl methyl sites for hydroxylation is 1. The van der Waals surface area contributed by atoms with Gasteiger partial charge in [0.2, 0.25) is 4.77 Å². The highest BCUT2D eigenvalue weighted by Crippen LogP contribution is 2.09. The second kappa shape index (κ2) is 3.35. The zero-order valence-corrected chi connectivity index (χ0v) is 8.52. The molecule has 0 radical (unpaired) electrons. The zero-order chi connectivity index (χ0) is 9.26. The summed E-state index contributed by atoms with van der Waals surface area (Å²) < 4.78 is 2.13. The summed E-state index contributed by atoms with van der Waals surface area (Å²) in [7, 11) is 0. The highest BCUT2D eigenvalue weighted by Gasteiger charge is 2.01. The van der Waals surface area contributed by atoms with Crippen LogP contribution < -0.4 is 0 Å². The van der Waals surface area contributed by atoms with Gasteiger partial charge < -0.3 is 0 Å². The molecule has 0 aliphatic heterocycles. The molecule has 0 aromatic carbocycles. The van der Waals surface area contributed by atoms with Gasteiger partial charge >= 0.3 is 0 Å². The first kappa shape index (κ1) is 8.52. The average molecular weight is 213 g/mol. The van der Waals surface area contributed by atoms with Gasteiger partial charge in [-0.1, -0.05) is 10.3 Å². The van der Waals surface area contributed by atoms with Gasteiger partial charge in [0.15, 0.2) is 0 Å². The maximum Gasteiger partial charge on any atom is 0.238 e. The minimum Gasteiger partial charge on any atom is -0.245 e. The summed E-state index contributed by atoms with van der Waals surface area (Å²) >= 11 is 6.53. The molecule has 0 fully saturated rings. The van der Waals surface area contributed by atoms with E-state index in [0.717, 1.165) is 10.7 Å². The lowest BCUT2D eigenvalue weighted by molar-refractivity contribution is 0.639. The number of rotatable bonds is 2. The molecule has 2 aromatic rings. The first-order chi connectivity index (χ1) is 6.25. The fraction of sp³-hybridized carbons (Fsp3) is 0.333. The highest BCUT2D eigenvalue weighted by molar-refractivity contribution is 7.71. The van der Waals surface area contributed by atoms with Crippen LogP contribution in [0.15, 0.2) is 5.38 Å². The van der Waals surface area contributed by atoms with Crippen molar-refractivity contribution in [1.82, 2.24) is 25.2 Å². The Morgan fingerprint density at radius 2 is 2.54 bits per heavy atom. The number of H-pyrrole nitrogens is 1. The molecule has 0 amide bonds. The van der Waals surface area contributed by atoms with Crippen LogP contribution in [0, 0.1) is 11.7 Å². The van der Waals surface area contributed by atoms with Crippen molar-refractivity contribution in [3.63, 3.8) is 0 Å². The number of aromatic nitrogens is 5. The summed E-state index contributed by atoms with van der Waals surface area (Å²) in [4.78, 5) is 4.30. The molecule has 0 spiro atoms. The van der Waals surface area contributed by atoms with Crippen LogP contribution in [-0.2, 0) is 6.54 Å². The van der Waals surface area contributed by atoms with E-state index in [2.05, 4.69) is 20.5 Å². The van der Waals surface area contributed by atoms with Crippen molar-refractivity contribution in [2.24, 2.45) is 0 Å². The predicted octanol–water partition coefficient (Wildman–Crippen LogP) is 1.15. The number of hydrogen-bond donors (Lipinski definition) is 1. The van der Waals surface area contributed by atoms with Crippen LogP contribution in [0.1, 0.15) is 10.7 Å². The highest BCUT2D eigenvalue weighted by atomic mass is 32.1. The van der Waals surface area contributed by atoms with Gasteiger partial charge in [-0.15, -0.1) is 11.3 Å². The quantitative estimate of drug-likeness (QED) is 0.760. The van der Waals surface area contributed by atoms with Crippen molar-refractivity contribution in [3.05, 3.63) is 20.9 Å². The van der Waals surface area contributed by atoms with E-state index in [-0.39, 0.29) is 0 Å². The van der Waals surface area contributed by atoms with Crippen molar-refractivity contribution in [2.45, 2.75) is 13.5 Å². The van der Waals surface area contributed by atoms with Crippen molar-refractivity contribution in [3.8, 4) is 0 Å². The molecule has 2 heterocycles. The summed E-state index contributed by atoms with van der Waals surface area (Å²) in [6.07, 6.45) is 0. The molecule has 2 rings (SSSR count). The van der Waals surface area contributed by atoms with Crippen molar-refractivity contribution < 1.29 is 0 Å². The molecular formula is C6H7N5S2. The van der Waals surface area contributed by atoms with Gasteiger partial charge in [-0.3, -0.25) is 0 Å². The number of nitrogens with one attached hydrogen (secondary N) is 1. The summed E-state index contributed by atoms with van der Waals surface area (Å²) in [5.41, 5.74) is 1.03. The van der Waals surface area contributed by atoms with Crippen LogP contribution in [0.3, 0.4) is 0 Å². The van der Waals surface area contributed by atoms with Crippen LogP contribution in [0.5, 0.6) is 0 Å². The molecule has 0 aliphatic rings. The van der Waals surface area contributed by atoms with E-state index in [4.69, 9.17) is 12.2 Å². The van der Waals surface area contributed by atoms with Gasteiger partial charge in [0.05, 0.1) is 6.54 Å². The van der Waals surface area contributed by atoms with Gasteiger partial charge in [0, 0.05) is 11.1 Å². The van der Waals surface area contributed by atoms with E-state index >= 15 is 0 Å². The number of nitrogens with zero attached hydrogens (tertiary/aromatic N) is 4. The van der Waals surface area contributed by atoms with Crippen molar-refractivity contribution >= 4 is 23.6 Å². The van der Waals surface area contributed by atoms with E-state index in [1.54, 1.807) is 16.0 Å². The Balaban J connectivity index is 2.24. The molecule has 0 unspecified atom stereocenters. The maximum absolute atomic E-state index is 4.93. The van der Waals surface area contributed by atoms with E-state index in [1.807, 2.05) is 12.3 Å². The third kappa shape index (κ3) is 1.81. The molecule has 7 heteroatoms. The second-order valence-electron chi connectivity index (χ2n) is 2.55. The first-order valence-corrected chi connectivity index (χ1v) is 4.93. The monoisotopic (exact) mass is 213 g/mol. The Kier molecular flexibility index (Phi) is 2.19. The van der Waals surface area contributed by atoms with Crippen LogP contribution >= 0.6 is 23.6 Å². The number of tetrazole rings is 1. The predicted molar refractivity (Wildman–Crippen MR) is 51.2 cm³/mol. The fourth-order valence-electron chi connectivity index (χ4n) is 0.929. The number of hydrogen-bond acceptors (Lipinski definition) is 5. The molecule has 1 N–H and O–H groups in total. The average Bonchev–Trinajstić information content (AvgIpc) is 2.64. The molecule has 0 aliphatic carbocycles. The van der Waals surface area contributed by atoms with Crippen molar-refractivity contribution in [2.75, 3.05) is 0 Å². The lowest BCUT2D eigenvalue weighted by Gasteiger charge is -1.94. The van der Waals surface area contributed by atoms with Gasteiger partial charge in [-0.25, -0.2) is 9.67 Å². The van der Waals surface area contributed by atoms with Crippen molar-refractivity contribution in [1.29, 1.82) is 0 Å². The molecule has 0 atom stereocenters. The largest absolute Gasteiger partial charge is 0.245 e. The molecule has 2 aromatic heterocycles. The van der Waals surface area contributed by atoms with Gasteiger partial charge in [0.25, 0.3) is 0 Å². The summed E-state index contributed by atoms with van der Waals surface area (Å²) in [5, 5.41) is 12.9. The third-order valence-electron chi connectivity index (χ3n) is 1.49. The Bertz CT molecular complexity index is 453. The summed E-state index contributed by atoms with van der Waals surface area (Å²) in [5.74, 6) is 0. The van der Waals surface area contributed by atoms with E-state index in [0.29, 0.717) is 11.3 Å². The van der Waals surface area contributed by atoms with Crippen LogP contribution in [0.4, 0.5) is 0 Å². The number of thiazole rings is 1. The van der Waals surface area contributed by atoms with Crippen LogP contribution in [0.2, 0.25) is 0 Å². The molecule has 13 heavy (non-hydrogen) atoms. The molecule has 68 valence electrons. The lowest BCUT2D eigenvalue weighted by Crippen LogP contribution is -2.01. The SMILES string of the molecule is Cc1csc(Cn2[nH]nnc2=S)n1. The molecule has 0 saturated heterocycles. The smallest absolute Gasteiger partial charge is 0.238 e. The minimum absolute atomic E-state index is 0.452. The topological polar surface area (TPSA) is 59.4 Å². The number of aromatic amines is 1. The van der Waals surface area contributed by atoms with Crippen LogP contribution in [-0.4, -0.2) is 25.2 Å². The van der Waals surface area contributed by atoms with E-state index < -0.39 is 0 Å². The summed E-state index contributed by atoms with van der Waals surface area (Å²) in [6.45, 7) is 2.58. The third-order valence-corrected chi connectivity index (χ3v) is 2.75. The Morgan fingerprint density at radius 3 is 3.08 bits per heavy atom. The fourth-order valence-corrected chi connectivity index (χ4v) is 1.84. The van der Waals surface area contributed by atoms with Gasteiger partial charge in [-0.05, 0) is 19.1 Å². The lowest BCUT2D eigenvalue weighted by atomic mass is 10.6. The summed E-state index contributed by atoms with van der Waals surface area (Å²) in [6, 6.07) is 0. The Hall–Kier alpha value is -1.08. The zero-order valence-electron chi connectivity index (χ0n) is 6.89. The van der Waals surface area contributed by atoms with Gasteiger partial charge in [0.1, 0.15) is 5.01 Å². The van der Waals surface area contributed by atoms with E-state index in [9.17, 15) is 0 Å². The molecule has 0 saturated carbocycles. The molecule has 0 bridgehead atoms. The minimum atomic E-state index is 0.452. The molecule has 5 nitrogen and oxygen atoms in total. The maximum atomic E-state index is 4.93. The van der Waals surface area contributed by atoms with E-state index in [1.165, 1.54) is 0 Å². The molecular weight excluding hydrogens is 206 g/mol. The first-order valence-electron chi connectivity index (χ1n) is 3.64. The second-order valence-corrected chi connectivity index (χ2v) is 3.86. The van der Waals surface area contributed by atoms with Crippen LogP contribution in [0.25, 0.3) is 0 Å². The normalized spacial score (nSPS) is 10.5. The standard InChI is InChI=1S/C6H7N5S2/c1-4-3-13-5(7-4)2-11-6(12)8-9-10-11/h3H,2H2,1H3,(H,8,10,12).